The standard InChI is InChI=1S/C27H25Cl2N3O2S/c1-3-17-5-9-21(10-6-17)31-27-32(23-11-7-18(4-2)8-12-23)25(33)16-24(35-27)26(34)30-22-14-19(28)13-20(29)15-22/h5-15,24H,3-4,16H2,1-2H3,(H,30,34). The maximum Gasteiger partial charge on any atom is 0.238 e. The zero-order valence-electron chi connectivity index (χ0n) is 19.4. The first-order valence-corrected chi connectivity index (χ1v) is 13.0. The molecule has 35 heavy (non-hydrogen) atoms. The second-order valence-electron chi connectivity index (χ2n) is 8.12. The molecule has 1 atom stereocenters. The van der Waals surface area contributed by atoms with Crippen LogP contribution in [0.5, 0.6) is 0 Å². The second kappa shape index (κ2) is 11.3. The molecule has 180 valence electrons. The van der Waals surface area contributed by atoms with Crippen LogP contribution in [0.4, 0.5) is 17.1 Å². The number of anilines is 2. The van der Waals surface area contributed by atoms with Crippen molar-refractivity contribution in [2.45, 2.75) is 38.4 Å². The normalized spacial score (nSPS) is 17.0. The average molecular weight is 526 g/mol. The number of amidine groups is 1. The molecule has 3 aromatic carbocycles. The van der Waals surface area contributed by atoms with Crippen molar-refractivity contribution in [1.82, 2.24) is 0 Å². The first kappa shape index (κ1) is 25.3. The third kappa shape index (κ3) is 6.26. The van der Waals surface area contributed by atoms with Gasteiger partial charge in [0.05, 0.1) is 11.4 Å². The summed E-state index contributed by atoms with van der Waals surface area (Å²) in [6.07, 6.45) is 1.87. The molecule has 1 unspecified atom stereocenters. The van der Waals surface area contributed by atoms with Crippen LogP contribution in [0, 0.1) is 0 Å². The zero-order chi connectivity index (χ0) is 24.9. The minimum atomic E-state index is -0.653. The van der Waals surface area contributed by atoms with E-state index in [9.17, 15) is 9.59 Å². The lowest BCUT2D eigenvalue weighted by molar-refractivity contribution is -0.121. The van der Waals surface area contributed by atoms with E-state index in [0.29, 0.717) is 20.9 Å². The van der Waals surface area contributed by atoms with Crippen molar-refractivity contribution in [3.05, 3.63) is 87.9 Å². The maximum absolute atomic E-state index is 13.3. The molecular formula is C27H25Cl2N3O2S. The summed E-state index contributed by atoms with van der Waals surface area (Å²) in [7, 11) is 0. The number of rotatable bonds is 6. The van der Waals surface area contributed by atoms with Gasteiger partial charge in [-0.25, -0.2) is 4.99 Å². The Hall–Kier alpha value is -2.80. The van der Waals surface area contributed by atoms with Gasteiger partial charge >= 0.3 is 0 Å². The van der Waals surface area contributed by atoms with Crippen molar-refractivity contribution in [3.8, 4) is 0 Å². The summed E-state index contributed by atoms with van der Waals surface area (Å²) in [5.41, 5.74) is 4.30. The van der Waals surface area contributed by atoms with Crippen molar-refractivity contribution < 1.29 is 9.59 Å². The van der Waals surface area contributed by atoms with Crippen LogP contribution in [0.3, 0.4) is 0 Å². The van der Waals surface area contributed by atoms with Gasteiger partial charge in [-0.05, 0) is 66.4 Å². The predicted molar refractivity (Wildman–Crippen MR) is 147 cm³/mol. The highest BCUT2D eigenvalue weighted by Gasteiger charge is 2.37. The Morgan fingerprint density at radius 2 is 1.54 bits per heavy atom. The lowest BCUT2D eigenvalue weighted by Gasteiger charge is -2.32. The highest BCUT2D eigenvalue weighted by molar-refractivity contribution is 8.15. The third-order valence-electron chi connectivity index (χ3n) is 5.64. The van der Waals surface area contributed by atoms with Crippen molar-refractivity contribution >= 4 is 69.0 Å². The van der Waals surface area contributed by atoms with Crippen LogP contribution in [-0.2, 0) is 22.4 Å². The largest absolute Gasteiger partial charge is 0.325 e. The number of aryl methyl sites for hydroxylation is 2. The summed E-state index contributed by atoms with van der Waals surface area (Å²) >= 11 is 13.4. The van der Waals surface area contributed by atoms with E-state index in [1.807, 2.05) is 48.5 Å². The number of hydrogen-bond donors (Lipinski definition) is 1. The Kier molecular flexibility index (Phi) is 8.16. The van der Waals surface area contributed by atoms with Crippen LogP contribution < -0.4 is 10.2 Å². The van der Waals surface area contributed by atoms with Crippen LogP contribution in [0.1, 0.15) is 31.4 Å². The Morgan fingerprint density at radius 1 is 0.971 bits per heavy atom. The van der Waals surface area contributed by atoms with Gasteiger partial charge in [0.1, 0.15) is 5.25 Å². The lowest BCUT2D eigenvalue weighted by Crippen LogP contribution is -2.45. The summed E-state index contributed by atoms with van der Waals surface area (Å²) in [6, 6.07) is 20.5. The first-order chi connectivity index (χ1) is 16.9. The number of thioether (sulfide) groups is 1. The van der Waals surface area contributed by atoms with E-state index in [1.165, 1.54) is 22.9 Å². The van der Waals surface area contributed by atoms with Crippen molar-refractivity contribution in [3.63, 3.8) is 0 Å². The molecule has 1 saturated heterocycles. The summed E-state index contributed by atoms with van der Waals surface area (Å²) in [5, 5.41) is 3.47. The molecule has 0 aromatic heterocycles. The number of hydrogen-bond acceptors (Lipinski definition) is 4. The van der Waals surface area contributed by atoms with E-state index in [0.717, 1.165) is 24.2 Å². The van der Waals surface area contributed by atoms with Gasteiger partial charge in [0.15, 0.2) is 5.17 Å². The van der Waals surface area contributed by atoms with E-state index >= 15 is 0 Å². The summed E-state index contributed by atoms with van der Waals surface area (Å²) < 4.78 is 0. The lowest BCUT2D eigenvalue weighted by atomic mass is 10.1. The van der Waals surface area contributed by atoms with Crippen LogP contribution in [0.25, 0.3) is 0 Å². The van der Waals surface area contributed by atoms with Gasteiger partial charge in [0.25, 0.3) is 0 Å². The highest BCUT2D eigenvalue weighted by Crippen LogP contribution is 2.34. The van der Waals surface area contributed by atoms with Gasteiger partial charge in [0, 0.05) is 22.2 Å². The Bertz CT molecular complexity index is 1240. The first-order valence-electron chi connectivity index (χ1n) is 11.4. The molecule has 1 N–H and O–H groups in total. The maximum atomic E-state index is 13.3. The molecule has 5 nitrogen and oxygen atoms in total. The molecule has 0 radical (unpaired) electrons. The minimum absolute atomic E-state index is 0.0358. The van der Waals surface area contributed by atoms with Crippen molar-refractivity contribution in [1.29, 1.82) is 0 Å². The fourth-order valence-corrected chi connectivity index (χ4v) is 5.34. The van der Waals surface area contributed by atoms with E-state index in [1.54, 1.807) is 23.1 Å². The highest BCUT2D eigenvalue weighted by atomic mass is 35.5. The fraction of sp³-hybridized carbons (Fsp3) is 0.222. The van der Waals surface area contributed by atoms with Crippen LogP contribution >= 0.6 is 35.0 Å². The Labute approximate surface area is 219 Å². The quantitative estimate of drug-likeness (QED) is 0.367. The van der Waals surface area contributed by atoms with E-state index in [-0.39, 0.29) is 18.2 Å². The van der Waals surface area contributed by atoms with Gasteiger partial charge < -0.3 is 5.32 Å². The number of carbonyl (C=O) groups excluding carboxylic acids is 2. The van der Waals surface area contributed by atoms with Crippen molar-refractivity contribution in [2.24, 2.45) is 4.99 Å². The number of amides is 2. The van der Waals surface area contributed by atoms with Crippen LogP contribution in [0.15, 0.2) is 71.7 Å². The van der Waals surface area contributed by atoms with Gasteiger partial charge in [-0.3, -0.25) is 14.5 Å². The molecule has 1 fully saturated rings. The monoisotopic (exact) mass is 525 g/mol. The second-order valence-corrected chi connectivity index (χ2v) is 10.2. The molecule has 1 heterocycles. The molecule has 8 heteroatoms. The molecule has 0 saturated carbocycles. The molecule has 1 aliphatic rings. The third-order valence-corrected chi connectivity index (χ3v) is 7.23. The van der Waals surface area contributed by atoms with E-state index < -0.39 is 5.25 Å². The van der Waals surface area contributed by atoms with E-state index in [2.05, 4.69) is 19.2 Å². The number of carbonyl (C=O) groups is 2. The number of benzene rings is 3. The number of nitrogens with one attached hydrogen (secondary N) is 1. The number of nitrogens with zero attached hydrogens (tertiary/aromatic N) is 2. The molecule has 2 amide bonds. The molecule has 0 spiro atoms. The summed E-state index contributed by atoms with van der Waals surface area (Å²) in [6.45, 7) is 4.18. The minimum Gasteiger partial charge on any atom is -0.325 e. The molecule has 1 aliphatic heterocycles. The average Bonchev–Trinajstić information content (AvgIpc) is 2.84. The van der Waals surface area contributed by atoms with Gasteiger partial charge in [-0.2, -0.15) is 0 Å². The zero-order valence-corrected chi connectivity index (χ0v) is 21.8. The van der Waals surface area contributed by atoms with Gasteiger partial charge in [0.2, 0.25) is 11.8 Å². The van der Waals surface area contributed by atoms with E-state index in [4.69, 9.17) is 28.2 Å². The summed E-state index contributed by atoms with van der Waals surface area (Å²) in [5.74, 6) is -0.502. The van der Waals surface area contributed by atoms with Crippen molar-refractivity contribution in [2.75, 3.05) is 10.2 Å². The Balaban J connectivity index is 1.65. The smallest absolute Gasteiger partial charge is 0.238 e. The Morgan fingerprint density at radius 3 is 2.11 bits per heavy atom. The topological polar surface area (TPSA) is 61.8 Å². The number of aliphatic imine (C=N–C) groups is 1. The molecule has 3 aromatic rings. The SMILES string of the molecule is CCc1ccc(N=C2SC(C(=O)Nc3cc(Cl)cc(Cl)c3)CC(=O)N2c2ccc(CC)cc2)cc1. The van der Waals surface area contributed by atoms with Crippen LogP contribution in [0.2, 0.25) is 10.0 Å². The summed E-state index contributed by atoms with van der Waals surface area (Å²) in [4.78, 5) is 32.8. The predicted octanol–water partition coefficient (Wildman–Crippen LogP) is 7.28. The molecule has 4 rings (SSSR count). The fourth-order valence-electron chi connectivity index (χ4n) is 3.70. The number of halogens is 2. The van der Waals surface area contributed by atoms with Gasteiger partial charge in [-0.1, -0.05) is 73.1 Å². The molecule has 0 aliphatic carbocycles. The molecular weight excluding hydrogens is 501 g/mol. The van der Waals surface area contributed by atoms with Crippen LogP contribution in [-0.4, -0.2) is 22.2 Å². The molecule has 0 bridgehead atoms. The van der Waals surface area contributed by atoms with Gasteiger partial charge in [-0.15, -0.1) is 0 Å².